The van der Waals surface area contributed by atoms with E-state index in [1.54, 1.807) is 19.1 Å². The van der Waals surface area contributed by atoms with Gasteiger partial charge in [0.05, 0.1) is 17.6 Å². The molecule has 6 nitrogen and oxygen atoms in total. The van der Waals surface area contributed by atoms with Crippen molar-refractivity contribution in [3.63, 3.8) is 0 Å². The summed E-state index contributed by atoms with van der Waals surface area (Å²) in [5, 5.41) is 0. The minimum absolute atomic E-state index is 0.00363. The minimum atomic E-state index is -3.40. The molecule has 3 N–H and O–H groups in total. The number of benzene rings is 1. The first-order valence-corrected chi connectivity index (χ1v) is 8.64. The highest BCUT2D eigenvalue weighted by atomic mass is 32.2. The maximum Gasteiger partial charge on any atom is 0.240 e. The molecule has 0 aromatic heterocycles. The summed E-state index contributed by atoms with van der Waals surface area (Å²) in [6.07, 6.45) is 0.00363. The lowest BCUT2D eigenvalue weighted by Gasteiger charge is -2.36. The Kier molecular flexibility index (Phi) is 5.21. The predicted octanol–water partition coefficient (Wildman–Crippen LogP) is 0.537. The van der Waals surface area contributed by atoms with Crippen LogP contribution < -0.4 is 15.4 Å². The van der Waals surface area contributed by atoms with E-state index >= 15 is 0 Å². The first-order chi connectivity index (χ1) is 9.94. The number of morpholine rings is 1. The molecule has 1 aliphatic rings. The van der Waals surface area contributed by atoms with Crippen LogP contribution in [0, 0.1) is 0 Å². The largest absolute Gasteiger partial charge is 0.373 e. The Hall–Kier alpha value is -1.15. The molecule has 0 radical (unpaired) electrons. The molecule has 118 valence electrons. The van der Waals surface area contributed by atoms with Crippen molar-refractivity contribution < 1.29 is 13.2 Å². The molecule has 21 heavy (non-hydrogen) atoms. The van der Waals surface area contributed by atoms with E-state index in [1.807, 2.05) is 19.1 Å². The predicted molar refractivity (Wildman–Crippen MR) is 82.9 cm³/mol. The van der Waals surface area contributed by atoms with Gasteiger partial charge in [0, 0.05) is 31.4 Å². The highest BCUT2D eigenvalue weighted by Crippen LogP contribution is 2.21. The molecule has 1 aromatic carbocycles. The fourth-order valence-electron chi connectivity index (χ4n) is 2.34. The van der Waals surface area contributed by atoms with Crippen LogP contribution in [0.3, 0.4) is 0 Å². The van der Waals surface area contributed by atoms with Crippen LogP contribution in [0.15, 0.2) is 29.2 Å². The zero-order valence-electron chi connectivity index (χ0n) is 12.5. The summed E-state index contributed by atoms with van der Waals surface area (Å²) in [7, 11) is -3.40. The van der Waals surface area contributed by atoms with E-state index in [0.29, 0.717) is 13.2 Å². The van der Waals surface area contributed by atoms with Gasteiger partial charge in [-0.1, -0.05) is 6.92 Å². The van der Waals surface area contributed by atoms with E-state index in [4.69, 9.17) is 10.5 Å². The molecule has 2 rings (SSSR count). The average Bonchev–Trinajstić information content (AvgIpc) is 2.47. The summed E-state index contributed by atoms with van der Waals surface area (Å²) in [6.45, 7) is 6.20. The molecular weight excluding hydrogens is 290 g/mol. The van der Waals surface area contributed by atoms with Gasteiger partial charge in [0.2, 0.25) is 10.0 Å². The lowest BCUT2D eigenvalue weighted by atomic mass is 10.1. The van der Waals surface area contributed by atoms with Crippen LogP contribution in [0.25, 0.3) is 0 Å². The Balaban J connectivity index is 2.12. The molecule has 0 spiro atoms. The second-order valence-electron chi connectivity index (χ2n) is 5.21. The summed E-state index contributed by atoms with van der Waals surface area (Å²) >= 11 is 0. The van der Waals surface area contributed by atoms with E-state index in [1.165, 1.54) is 0 Å². The molecule has 1 saturated heterocycles. The summed E-state index contributed by atoms with van der Waals surface area (Å²) in [5.74, 6) is 0. The first kappa shape index (κ1) is 16.2. The van der Waals surface area contributed by atoms with Gasteiger partial charge in [-0.3, -0.25) is 0 Å². The standard InChI is InChI=1S/C14H23N3O3S/c1-3-16-21(18,19)13-6-4-12(5-7-13)17-8-9-20-14(10-17)11(2)15/h4-7,11,14,16H,3,8-10,15H2,1-2H3. The van der Waals surface area contributed by atoms with Crippen LogP contribution >= 0.6 is 0 Å². The zero-order valence-corrected chi connectivity index (χ0v) is 13.3. The number of nitrogens with two attached hydrogens (primary N) is 1. The molecule has 0 amide bonds. The van der Waals surface area contributed by atoms with Gasteiger partial charge in [-0.2, -0.15) is 0 Å². The summed E-state index contributed by atoms with van der Waals surface area (Å²) in [6, 6.07) is 6.88. The van der Waals surface area contributed by atoms with Crippen LogP contribution in [0.1, 0.15) is 13.8 Å². The lowest BCUT2D eigenvalue weighted by molar-refractivity contribution is 0.0276. The molecule has 0 aliphatic carbocycles. The number of ether oxygens (including phenoxy) is 1. The third-order valence-corrected chi connectivity index (χ3v) is 5.09. The van der Waals surface area contributed by atoms with Crippen molar-refractivity contribution in [1.82, 2.24) is 4.72 Å². The van der Waals surface area contributed by atoms with Gasteiger partial charge in [-0.25, -0.2) is 13.1 Å². The Morgan fingerprint density at radius 3 is 2.67 bits per heavy atom. The number of nitrogens with one attached hydrogen (secondary N) is 1. The van der Waals surface area contributed by atoms with Gasteiger partial charge < -0.3 is 15.4 Å². The van der Waals surface area contributed by atoms with Crippen molar-refractivity contribution in [3.8, 4) is 0 Å². The van der Waals surface area contributed by atoms with Crippen molar-refractivity contribution in [3.05, 3.63) is 24.3 Å². The molecule has 7 heteroatoms. The number of hydrogen-bond donors (Lipinski definition) is 2. The molecule has 2 atom stereocenters. The minimum Gasteiger partial charge on any atom is -0.373 e. The van der Waals surface area contributed by atoms with Gasteiger partial charge in [-0.05, 0) is 31.2 Å². The maximum atomic E-state index is 11.9. The Bertz CT molecular complexity index is 557. The number of rotatable bonds is 5. The van der Waals surface area contributed by atoms with Crippen molar-refractivity contribution in [2.75, 3.05) is 31.1 Å². The van der Waals surface area contributed by atoms with Crippen LogP contribution in [0.2, 0.25) is 0 Å². The topological polar surface area (TPSA) is 84.7 Å². The van der Waals surface area contributed by atoms with Gasteiger partial charge >= 0.3 is 0 Å². The molecule has 1 heterocycles. The average molecular weight is 313 g/mol. The fraction of sp³-hybridized carbons (Fsp3) is 0.571. The highest BCUT2D eigenvalue weighted by Gasteiger charge is 2.23. The number of hydrogen-bond acceptors (Lipinski definition) is 5. The molecule has 1 aromatic rings. The smallest absolute Gasteiger partial charge is 0.240 e. The van der Waals surface area contributed by atoms with E-state index in [-0.39, 0.29) is 17.0 Å². The fourth-order valence-corrected chi connectivity index (χ4v) is 3.38. The molecular formula is C14H23N3O3S. The lowest BCUT2D eigenvalue weighted by Crippen LogP contribution is -2.49. The van der Waals surface area contributed by atoms with E-state index in [0.717, 1.165) is 18.8 Å². The van der Waals surface area contributed by atoms with E-state index < -0.39 is 10.0 Å². The summed E-state index contributed by atoms with van der Waals surface area (Å²) in [4.78, 5) is 2.45. The van der Waals surface area contributed by atoms with Crippen LogP contribution in [0.5, 0.6) is 0 Å². The Morgan fingerprint density at radius 1 is 1.43 bits per heavy atom. The van der Waals surface area contributed by atoms with Gasteiger partial charge in [-0.15, -0.1) is 0 Å². The molecule has 0 bridgehead atoms. The zero-order chi connectivity index (χ0) is 15.5. The number of nitrogens with zero attached hydrogens (tertiary/aromatic N) is 1. The first-order valence-electron chi connectivity index (χ1n) is 7.16. The van der Waals surface area contributed by atoms with Gasteiger partial charge in [0.25, 0.3) is 0 Å². The van der Waals surface area contributed by atoms with E-state index in [2.05, 4.69) is 9.62 Å². The van der Waals surface area contributed by atoms with Crippen LogP contribution in [0.4, 0.5) is 5.69 Å². The molecule has 0 saturated carbocycles. The van der Waals surface area contributed by atoms with Crippen LogP contribution in [-0.2, 0) is 14.8 Å². The molecule has 1 aliphatic heterocycles. The normalized spacial score (nSPS) is 21.3. The maximum absolute atomic E-state index is 11.9. The van der Waals surface area contributed by atoms with Crippen LogP contribution in [-0.4, -0.2) is 46.8 Å². The second kappa shape index (κ2) is 6.74. The van der Waals surface area contributed by atoms with Gasteiger partial charge in [0.15, 0.2) is 0 Å². The number of sulfonamides is 1. The second-order valence-corrected chi connectivity index (χ2v) is 6.98. The van der Waals surface area contributed by atoms with E-state index in [9.17, 15) is 8.42 Å². The van der Waals surface area contributed by atoms with Crippen molar-refractivity contribution in [2.45, 2.75) is 30.9 Å². The van der Waals surface area contributed by atoms with Crippen molar-refractivity contribution >= 4 is 15.7 Å². The van der Waals surface area contributed by atoms with Crippen molar-refractivity contribution in [2.24, 2.45) is 5.73 Å². The third kappa shape index (κ3) is 3.94. The summed E-state index contributed by atoms with van der Waals surface area (Å²) < 4.78 is 31.9. The Morgan fingerprint density at radius 2 is 2.10 bits per heavy atom. The molecule has 2 unspecified atom stereocenters. The highest BCUT2D eigenvalue weighted by molar-refractivity contribution is 7.89. The van der Waals surface area contributed by atoms with Crippen molar-refractivity contribution in [1.29, 1.82) is 0 Å². The molecule has 1 fully saturated rings. The van der Waals surface area contributed by atoms with Gasteiger partial charge in [0.1, 0.15) is 0 Å². The monoisotopic (exact) mass is 313 g/mol. The quantitative estimate of drug-likeness (QED) is 0.829. The SMILES string of the molecule is CCNS(=O)(=O)c1ccc(N2CCOC(C(C)N)C2)cc1. The number of anilines is 1. The summed E-state index contributed by atoms with van der Waals surface area (Å²) in [5.41, 5.74) is 6.87. The third-order valence-electron chi connectivity index (χ3n) is 3.53. The Labute approximate surface area is 126 Å².